The summed E-state index contributed by atoms with van der Waals surface area (Å²) in [6, 6.07) is 15.2. The molecule has 2 aromatic rings. The number of esters is 1. The van der Waals surface area contributed by atoms with Crippen LogP contribution in [0, 0.1) is 11.3 Å². The minimum absolute atomic E-state index is 0.104. The maximum atomic E-state index is 11.4. The van der Waals surface area contributed by atoms with Gasteiger partial charge in [0.1, 0.15) is 23.2 Å². The van der Waals surface area contributed by atoms with Crippen molar-refractivity contribution in [3.63, 3.8) is 0 Å². The monoisotopic (exact) mass is 293 g/mol. The van der Waals surface area contributed by atoms with Crippen LogP contribution in [0.4, 0.5) is 0 Å². The first-order valence-electron chi connectivity index (χ1n) is 6.67. The number of benzene rings is 1. The summed E-state index contributed by atoms with van der Waals surface area (Å²) in [6.45, 7) is 1.99. The molecule has 1 aromatic carbocycles. The number of hydrogen-bond acceptors (Lipinski definition) is 4. The summed E-state index contributed by atoms with van der Waals surface area (Å²) in [5.74, 6) is 0.389. The Bertz CT molecular complexity index is 761. The highest BCUT2D eigenvalue weighted by Crippen LogP contribution is 2.20. The number of hydrogen-bond donors (Lipinski definition) is 0. The van der Waals surface area contributed by atoms with E-state index in [0.717, 1.165) is 11.1 Å². The average Bonchev–Trinajstić information content (AvgIpc) is 2.99. The molecule has 2 rings (SSSR count). The van der Waals surface area contributed by atoms with Gasteiger partial charge in [-0.25, -0.2) is 4.79 Å². The molecule has 1 heterocycles. The van der Waals surface area contributed by atoms with Crippen molar-refractivity contribution < 1.29 is 13.9 Å². The lowest BCUT2D eigenvalue weighted by atomic mass is 10.1. The first kappa shape index (κ1) is 15.3. The highest BCUT2D eigenvalue weighted by molar-refractivity contribution is 5.97. The Morgan fingerprint density at radius 1 is 1.14 bits per heavy atom. The van der Waals surface area contributed by atoms with Gasteiger partial charge in [-0.05, 0) is 36.3 Å². The molecular formula is C18H15NO3. The Hall–Kier alpha value is -3.06. The van der Waals surface area contributed by atoms with Crippen molar-refractivity contribution in [3.05, 3.63) is 65.1 Å². The Kier molecular flexibility index (Phi) is 4.94. The van der Waals surface area contributed by atoms with Gasteiger partial charge in [-0.2, -0.15) is 5.26 Å². The van der Waals surface area contributed by atoms with Gasteiger partial charge < -0.3 is 9.15 Å². The molecule has 0 amide bonds. The molecule has 0 saturated heterocycles. The predicted molar refractivity (Wildman–Crippen MR) is 84.3 cm³/mol. The fraction of sp³-hybridized carbons (Fsp3) is 0.111. The summed E-state index contributed by atoms with van der Waals surface area (Å²) in [5, 5.41) is 8.92. The molecule has 0 radical (unpaired) electrons. The third-order valence-electron chi connectivity index (χ3n) is 3.05. The summed E-state index contributed by atoms with van der Waals surface area (Å²) in [6.07, 6.45) is 3.26. The smallest absolute Gasteiger partial charge is 0.348 e. The minimum atomic E-state index is -0.684. The molecule has 0 N–H and O–H groups in total. The molecule has 0 bridgehead atoms. The molecule has 4 nitrogen and oxygen atoms in total. The zero-order valence-electron chi connectivity index (χ0n) is 12.4. The van der Waals surface area contributed by atoms with E-state index in [1.807, 2.05) is 43.3 Å². The van der Waals surface area contributed by atoms with Gasteiger partial charge in [0.05, 0.1) is 7.11 Å². The van der Waals surface area contributed by atoms with Gasteiger partial charge >= 0.3 is 5.97 Å². The van der Waals surface area contributed by atoms with Crippen molar-refractivity contribution in [2.24, 2.45) is 0 Å². The highest BCUT2D eigenvalue weighted by Gasteiger charge is 2.10. The van der Waals surface area contributed by atoms with Gasteiger partial charge in [0.25, 0.3) is 0 Å². The third-order valence-corrected chi connectivity index (χ3v) is 3.05. The van der Waals surface area contributed by atoms with Crippen LogP contribution in [0.2, 0.25) is 0 Å². The molecule has 1 aromatic heterocycles. The predicted octanol–water partition coefficient (Wildman–Crippen LogP) is 3.92. The van der Waals surface area contributed by atoms with E-state index >= 15 is 0 Å². The Morgan fingerprint density at radius 2 is 1.77 bits per heavy atom. The molecule has 0 atom stereocenters. The minimum Gasteiger partial charge on any atom is -0.465 e. The highest BCUT2D eigenvalue weighted by atomic mass is 16.5. The number of carbonyl (C=O) groups excluding carboxylic acids is 1. The molecule has 110 valence electrons. The lowest BCUT2D eigenvalue weighted by Gasteiger charge is -1.99. The second kappa shape index (κ2) is 7.09. The number of ether oxygens (including phenoxy) is 1. The number of nitrogens with zero attached hydrogens (tertiary/aromatic N) is 1. The molecule has 0 spiro atoms. The van der Waals surface area contributed by atoms with Crippen molar-refractivity contribution in [1.82, 2.24) is 0 Å². The van der Waals surface area contributed by atoms with E-state index in [0.29, 0.717) is 11.5 Å². The van der Waals surface area contributed by atoms with Crippen molar-refractivity contribution in [2.75, 3.05) is 7.11 Å². The van der Waals surface area contributed by atoms with Crippen LogP contribution in [0.25, 0.3) is 17.7 Å². The molecule has 22 heavy (non-hydrogen) atoms. The summed E-state index contributed by atoms with van der Waals surface area (Å²) in [4.78, 5) is 11.4. The summed E-state index contributed by atoms with van der Waals surface area (Å²) >= 11 is 0. The molecule has 0 saturated carbocycles. The second-order valence-corrected chi connectivity index (χ2v) is 4.59. The summed E-state index contributed by atoms with van der Waals surface area (Å²) < 4.78 is 10.1. The zero-order valence-corrected chi connectivity index (χ0v) is 12.4. The van der Waals surface area contributed by atoms with E-state index in [-0.39, 0.29) is 5.57 Å². The molecule has 0 aliphatic rings. The van der Waals surface area contributed by atoms with Gasteiger partial charge in [0.15, 0.2) is 0 Å². The van der Waals surface area contributed by atoms with Crippen molar-refractivity contribution in [3.8, 4) is 6.07 Å². The fourth-order valence-corrected chi connectivity index (χ4v) is 1.91. The number of furan rings is 1. The molecule has 0 unspecified atom stereocenters. The second-order valence-electron chi connectivity index (χ2n) is 4.59. The topological polar surface area (TPSA) is 63.2 Å². The van der Waals surface area contributed by atoms with Gasteiger partial charge in [-0.15, -0.1) is 0 Å². The van der Waals surface area contributed by atoms with Crippen LogP contribution in [0.15, 0.2) is 52.5 Å². The standard InChI is InChI=1S/C18H15NO3/c1-13(14-6-4-3-5-7-14)10-16-8-9-17(22-16)11-15(12-19)18(20)21-2/h3-11H,1-2H3/b13-10+,15-11-. The van der Waals surface area contributed by atoms with Crippen LogP contribution in [-0.4, -0.2) is 13.1 Å². The van der Waals surface area contributed by atoms with Crippen LogP contribution in [-0.2, 0) is 9.53 Å². The van der Waals surface area contributed by atoms with Crippen molar-refractivity contribution >= 4 is 23.7 Å². The fourth-order valence-electron chi connectivity index (χ4n) is 1.91. The number of nitriles is 1. The molecule has 0 aliphatic heterocycles. The normalized spacial score (nSPS) is 11.9. The van der Waals surface area contributed by atoms with Crippen LogP contribution in [0.1, 0.15) is 24.0 Å². The average molecular weight is 293 g/mol. The van der Waals surface area contributed by atoms with Crippen LogP contribution >= 0.6 is 0 Å². The number of methoxy groups -OCH3 is 1. The lowest BCUT2D eigenvalue weighted by Crippen LogP contribution is -2.02. The van der Waals surface area contributed by atoms with Crippen LogP contribution in [0.5, 0.6) is 0 Å². The van der Waals surface area contributed by atoms with E-state index in [1.165, 1.54) is 13.2 Å². The molecule has 4 heteroatoms. The van der Waals surface area contributed by atoms with Crippen molar-refractivity contribution in [2.45, 2.75) is 6.92 Å². The molecular weight excluding hydrogens is 278 g/mol. The van der Waals surface area contributed by atoms with E-state index in [4.69, 9.17) is 9.68 Å². The van der Waals surface area contributed by atoms with Gasteiger partial charge in [-0.1, -0.05) is 30.3 Å². The Morgan fingerprint density at radius 3 is 2.36 bits per heavy atom. The zero-order chi connectivity index (χ0) is 15.9. The Balaban J connectivity index is 2.24. The maximum Gasteiger partial charge on any atom is 0.348 e. The molecule has 0 aliphatic carbocycles. The number of carbonyl (C=O) groups is 1. The Labute approximate surface area is 128 Å². The summed E-state index contributed by atoms with van der Waals surface area (Å²) in [5.41, 5.74) is 2.05. The first-order valence-corrected chi connectivity index (χ1v) is 6.67. The summed E-state index contributed by atoms with van der Waals surface area (Å²) in [7, 11) is 1.23. The quantitative estimate of drug-likeness (QED) is 0.487. The largest absolute Gasteiger partial charge is 0.465 e. The SMILES string of the molecule is COC(=O)/C(C#N)=C\c1ccc(/C=C(\C)c2ccccc2)o1. The number of allylic oxidation sites excluding steroid dienone is 1. The van der Waals surface area contributed by atoms with Gasteiger partial charge in [-0.3, -0.25) is 0 Å². The number of rotatable bonds is 4. The van der Waals surface area contributed by atoms with E-state index in [2.05, 4.69) is 4.74 Å². The maximum absolute atomic E-state index is 11.4. The first-order chi connectivity index (χ1) is 10.6. The van der Waals surface area contributed by atoms with Gasteiger partial charge in [0.2, 0.25) is 0 Å². The molecule has 0 fully saturated rings. The van der Waals surface area contributed by atoms with E-state index < -0.39 is 5.97 Å². The van der Waals surface area contributed by atoms with Crippen LogP contribution < -0.4 is 0 Å². The van der Waals surface area contributed by atoms with E-state index in [9.17, 15) is 4.79 Å². The van der Waals surface area contributed by atoms with Crippen LogP contribution in [0.3, 0.4) is 0 Å². The third kappa shape index (κ3) is 3.74. The van der Waals surface area contributed by atoms with E-state index in [1.54, 1.807) is 18.2 Å². The van der Waals surface area contributed by atoms with Gasteiger partial charge in [0, 0.05) is 6.08 Å². The van der Waals surface area contributed by atoms with Crippen molar-refractivity contribution in [1.29, 1.82) is 5.26 Å². The lowest BCUT2D eigenvalue weighted by molar-refractivity contribution is -0.135.